The number of hydrogen-bond acceptors (Lipinski definition) is 4. The summed E-state index contributed by atoms with van der Waals surface area (Å²) in [6.45, 7) is 7.18. The highest BCUT2D eigenvalue weighted by molar-refractivity contribution is 7.07. The topological polar surface area (TPSA) is 19.4 Å². The molecule has 1 spiro atoms. The van der Waals surface area contributed by atoms with Gasteiger partial charge in [0.05, 0.1) is 5.69 Å². The van der Waals surface area contributed by atoms with Gasteiger partial charge in [-0.1, -0.05) is 6.07 Å². The average Bonchev–Trinajstić information content (AvgIpc) is 3.13. The first-order valence-corrected chi connectivity index (χ1v) is 10.1. The maximum Gasteiger partial charge on any atom is 0.0543 e. The number of nitrogens with zero attached hydrogens (tertiary/aromatic N) is 3. The van der Waals surface area contributed by atoms with Crippen molar-refractivity contribution < 1.29 is 0 Å². The van der Waals surface area contributed by atoms with E-state index in [-0.39, 0.29) is 0 Å². The molecule has 0 atom stereocenters. The van der Waals surface area contributed by atoms with Gasteiger partial charge in [-0.15, -0.1) is 0 Å². The maximum absolute atomic E-state index is 4.47. The fraction of sp³-hybridized carbons (Fsp3) is 0.550. The van der Waals surface area contributed by atoms with E-state index in [4.69, 9.17) is 0 Å². The Morgan fingerprint density at radius 1 is 0.917 bits per heavy atom. The van der Waals surface area contributed by atoms with Gasteiger partial charge in [0.25, 0.3) is 0 Å². The third-order valence-electron chi connectivity index (χ3n) is 5.93. The lowest BCUT2D eigenvalue weighted by atomic mass is 9.71. The Morgan fingerprint density at radius 3 is 2.21 bits per heavy atom. The summed E-state index contributed by atoms with van der Waals surface area (Å²) in [5.41, 5.74) is 3.31. The summed E-state index contributed by atoms with van der Waals surface area (Å²) >= 11 is 1.81. The molecule has 0 aliphatic carbocycles. The normalized spacial score (nSPS) is 22.0. The Hall–Kier alpha value is -1.23. The van der Waals surface area contributed by atoms with Crippen LogP contribution in [0.1, 0.15) is 36.9 Å². The van der Waals surface area contributed by atoms with E-state index < -0.39 is 0 Å². The fourth-order valence-electron chi connectivity index (χ4n) is 4.23. The van der Waals surface area contributed by atoms with Crippen LogP contribution in [0.2, 0.25) is 0 Å². The first-order valence-electron chi connectivity index (χ1n) is 9.17. The Morgan fingerprint density at radius 2 is 1.62 bits per heavy atom. The molecule has 0 saturated carbocycles. The smallest absolute Gasteiger partial charge is 0.0543 e. The van der Waals surface area contributed by atoms with Gasteiger partial charge >= 0.3 is 0 Å². The molecule has 0 radical (unpaired) electrons. The van der Waals surface area contributed by atoms with Gasteiger partial charge < -0.3 is 0 Å². The number of pyridine rings is 1. The van der Waals surface area contributed by atoms with Crippen molar-refractivity contribution in [1.82, 2.24) is 14.8 Å². The summed E-state index contributed by atoms with van der Waals surface area (Å²) in [6.07, 6.45) is 7.41. The van der Waals surface area contributed by atoms with Crippen LogP contribution in [-0.4, -0.2) is 41.0 Å². The lowest BCUT2D eigenvalue weighted by Crippen LogP contribution is -2.46. The van der Waals surface area contributed by atoms with Crippen LogP contribution < -0.4 is 0 Å². The molecule has 2 saturated heterocycles. The minimum atomic E-state index is 0.617. The molecule has 2 aromatic rings. The Bertz CT molecular complexity index is 608. The van der Waals surface area contributed by atoms with E-state index in [2.05, 4.69) is 43.7 Å². The van der Waals surface area contributed by atoms with Crippen LogP contribution in [0.4, 0.5) is 0 Å². The lowest BCUT2D eigenvalue weighted by Gasteiger charge is -2.47. The van der Waals surface area contributed by atoms with Crippen LogP contribution in [-0.2, 0) is 13.1 Å². The molecule has 0 amide bonds. The summed E-state index contributed by atoms with van der Waals surface area (Å²) in [4.78, 5) is 9.71. The number of thiophene rings is 1. The monoisotopic (exact) mass is 341 g/mol. The molecular weight excluding hydrogens is 314 g/mol. The maximum atomic E-state index is 4.47. The minimum absolute atomic E-state index is 0.617. The molecule has 2 aromatic heterocycles. The first kappa shape index (κ1) is 16.2. The van der Waals surface area contributed by atoms with Crippen molar-refractivity contribution in [3.63, 3.8) is 0 Å². The van der Waals surface area contributed by atoms with Crippen LogP contribution in [0.3, 0.4) is 0 Å². The predicted octanol–water partition coefficient (Wildman–Crippen LogP) is 4.02. The molecule has 2 fully saturated rings. The number of piperidine rings is 2. The zero-order valence-electron chi connectivity index (χ0n) is 14.4. The molecular formula is C20H27N3S. The van der Waals surface area contributed by atoms with E-state index in [9.17, 15) is 0 Å². The molecule has 24 heavy (non-hydrogen) atoms. The molecule has 0 unspecified atom stereocenters. The predicted molar refractivity (Wildman–Crippen MR) is 100 cm³/mol. The SMILES string of the molecule is c1ccc(CN2CCC3(CCN(Cc4ccsc4)CC3)CC2)nc1. The molecule has 0 N–H and O–H groups in total. The zero-order chi connectivity index (χ0) is 16.2. The van der Waals surface area contributed by atoms with E-state index in [0.717, 1.165) is 13.1 Å². The van der Waals surface area contributed by atoms with E-state index in [1.54, 1.807) is 0 Å². The molecule has 0 aromatic carbocycles. The van der Waals surface area contributed by atoms with Gasteiger partial charge in [-0.3, -0.25) is 14.8 Å². The standard InChI is InChI=1S/C20H27N3S/c1-2-9-21-19(3-1)16-23-12-7-20(8-13-23)5-10-22(11-6-20)15-18-4-14-24-17-18/h1-4,9,14,17H,5-8,10-13,15-16H2. The fourth-order valence-corrected chi connectivity index (χ4v) is 4.89. The van der Waals surface area contributed by atoms with Gasteiger partial charge in [0.2, 0.25) is 0 Å². The lowest BCUT2D eigenvalue weighted by molar-refractivity contribution is 0.0296. The molecule has 2 aliphatic heterocycles. The van der Waals surface area contributed by atoms with E-state index >= 15 is 0 Å². The van der Waals surface area contributed by atoms with Gasteiger partial charge in [0.15, 0.2) is 0 Å². The van der Waals surface area contributed by atoms with E-state index in [0.29, 0.717) is 5.41 Å². The second kappa shape index (κ2) is 7.34. The number of aromatic nitrogens is 1. The molecule has 4 heterocycles. The molecule has 0 bridgehead atoms. The molecule has 4 heteroatoms. The second-order valence-corrected chi connectivity index (χ2v) is 8.29. The minimum Gasteiger partial charge on any atom is -0.299 e. The summed E-state index contributed by atoms with van der Waals surface area (Å²) < 4.78 is 0. The number of likely N-dealkylation sites (tertiary alicyclic amines) is 2. The third-order valence-corrected chi connectivity index (χ3v) is 6.66. The van der Waals surface area contributed by atoms with Crippen molar-refractivity contribution in [2.45, 2.75) is 38.8 Å². The molecule has 4 rings (SSSR count). The highest BCUT2D eigenvalue weighted by Crippen LogP contribution is 2.41. The van der Waals surface area contributed by atoms with Gasteiger partial charge in [-0.05, 0) is 91.8 Å². The van der Waals surface area contributed by atoms with Crippen LogP contribution in [0.25, 0.3) is 0 Å². The first-order chi connectivity index (χ1) is 11.8. The van der Waals surface area contributed by atoms with Crippen molar-refractivity contribution in [1.29, 1.82) is 0 Å². The van der Waals surface area contributed by atoms with Gasteiger partial charge in [-0.2, -0.15) is 11.3 Å². The van der Waals surface area contributed by atoms with Crippen molar-refractivity contribution in [3.05, 3.63) is 52.5 Å². The molecule has 128 valence electrons. The molecule has 3 nitrogen and oxygen atoms in total. The number of hydrogen-bond donors (Lipinski definition) is 0. The van der Waals surface area contributed by atoms with Crippen LogP contribution in [0.5, 0.6) is 0 Å². The summed E-state index contributed by atoms with van der Waals surface area (Å²) in [5.74, 6) is 0. The van der Waals surface area contributed by atoms with Crippen LogP contribution in [0.15, 0.2) is 41.2 Å². The van der Waals surface area contributed by atoms with Crippen molar-refractivity contribution in [2.24, 2.45) is 5.41 Å². The Balaban J connectivity index is 1.25. The summed E-state index contributed by atoms with van der Waals surface area (Å²) in [5, 5.41) is 4.48. The quantitative estimate of drug-likeness (QED) is 0.837. The summed E-state index contributed by atoms with van der Waals surface area (Å²) in [6, 6.07) is 8.51. The van der Waals surface area contributed by atoms with Crippen LogP contribution in [0, 0.1) is 5.41 Å². The van der Waals surface area contributed by atoms with Crippen molar-refractivity contribution in [2.75, 3.05) is 26.2 Å². The zero-order valence-corrected chi connectivity index (χ0v) is 15.2. The molecule has 2 aliphatic rings. The largest absolute Gasteiger partial charge is 0.299 e. The highest BCUT2D eigenvalue weighted by Gasteiger charge is 2.37. The highest BCUT2D eigenvalue weighted by atomic mass is 32.1. The average molecular weight is 342 g/mol. The van der Waals surface area contributed by atoms with Gasteiger partial charge in [-0.25, -0.2) is 0 Å². The third kappa shape index (κ3) is 3.88. The second-order valence-electron chi connectivity index (χ2n) is 7.50. The van der Waals surface area contributed by atoms with E-state index in [1.807, 2.05) is 23.6 Å². The van der Waals surface area contributed by atoms with E-state index in [1.165, 1.54) is 63.1 Å². The summed E-state index contributed by atoms with van der Waals surface area (Å²) in [7, 11) is 0. The Labute approximate surface area is 149 Å². The van der Waals surface area contributed by atoms with Crippen molar-refractivity contribution >= 4 is 11.3 Å². The van der Waals surface area contributed by atoms with Crippen molar-refractivity contribution in [3.8, 4) is 0 Å². The number of rotatable bonds is 4. The van der Waals surface area contributed by atoms with Gasteiger partial charge in [0.1, 0.15) is 0 Å². The van der Waals surface area contributed by atoms with Crippen LogP contribution >= 0.6 is 11.3 Å². The Kier molecular flexibility index (Phi) is 4.97. The van der Waals surface area contributed by atoms with Gasteiger partial charge in [0, 0.05) is 19.3 Å².